The van der Waals surface area contributed by atoms with E-state index < -0.39 is 0 Å². The van der Waals surface area contributed by atoms with E-state index >= 15 is 0 Å². The maximum atomic E-state index is 13.8. The molecule has 2 aliphatic heterocycles. The molecule has 2 nitrogen and oxygen atoms in total. The summed E-state index contributed by atoms with van der Waals surface area (Å²) in [5.41, 5.74) is 3.18. The average Bonchev–Trinajstić information content (AvgIpc) is 2.82. The summed E-state index contributed by atoms with van der Waals surface area (Å²) in [7, 11) is 0. The number of fused-ring (bicyclic) bond motifs is 2. The van der Waals surface area contributed by atoms with E-state index in [4.69, 9.17) is 4.74 Å². The molecule has 0 amide bonds. The minimum absolute atomic E-state index is 0.0242. The van der Waals surface area contributed by atoms with E-state index in [2.05, 4.69) is 29.6 Å². The lowest BCUT2D eigenvalue weighted by atomic mass is 9.84. The second-order valence-corrected chi connectivity index (χ2v) is 6.27. The average molecular weight is 297 g/mol. The molecule has 1 fully saturated rings. The fourth-order valence-electron chi connectivity index (χ4n) is 3.80. The third-order valence-electron chi connectivity index (χ3n) is 4.90. The zero-order chi connectivity index (χ0) is 15.0. The summed E-state index contributed by atoms with van der Waals surface area (Å²) in [5, 5.41) is 3.37. The van der Waals surface area contributed by atoms with Crippen molar-refractivity contribution in [1.82, 2.24) is 5.32 Å². The van der Waals surface area contributed by atoms with Gasteiger partial charge in [0.2, 0.25) is 0 Å². The van der Waals surface area contributed by atoms with Gasteiger partial charge in [0.15, 0.2) is 0 Å². The molecule has 0 aromatic heterocycles. The molecule has 0 bridgehead atoms. The number of rotatable bonds is 2. The molecule has 0 unspecified atom stereocenters. The maximum Gasteiger partial charge on any atom is 0.123 e. The first kappa shape index (κ1) is 13.9. The predicted molar refractivity (Wildman–Crippen MR) is 84.2 cm³/mol. The Kier molecular flexibility index (Phi) is 3.47. The van der Waals surface area contributed by atoms with Gasteiger partial charge in [0, 0.05) is 6.42 Å². The van der Waals surface area contributed by atoms with E-state index in [0.717, 1.165) is 43.5 Å². The van der Waals surface area contributed by atoms with Gasteiger partial charge in [-0.05, 0) is 54.8 Å². The van der Waals surface area contributed by atoms with E-state index in [1.54, 1.807) is 12.1 Å². The molecule has 22 heavy (non-hydrogen) atoms. The third kappa shape index (κ3) is 2.34. The van der Waals surface area contributed by atoms with Gasteiger partial charge in [0.05, 0.1) is 11.7 Å². The van der Waals surface area contributed by atoms with Crippen LogP contribution >= 0.6 is 0 Å². The van der Waals surface area contributed by atoms with Crippen LogP contribution in [0.2, 0.25) is 0 Å². The molecule has 1 atom stereocenters. The Hall–Kier alpha value is -1.71. The lowest BCUT2D eigenvalue weighted by molar-refractivity contribution is -0.0938. The van der Waals surface area contributed by atoms with Gasteiger partial charge in [-0.3, -0.25) is 0 Å². The van der Waals surface area contributed by atoms with Crippen LogP contribution in [0.5, 0.6) is 0 Å². The van der Waals surface area contributed by atoms with Gasteiger partial charge >= 0.3 is 0 Å². The van der Waals surface area contributed by atoms with Crippen LogP contribution in [0.3, 0.4) is 0 Å². The Morgan fingerprint density at radius 1 is 1.09 bits per heavy atom. The van der Waals surface area contributed by atoms with Crippen LogP contribution in [0.25, 0.3) is 0 Å². The van der Waals surface area contributed by atoms with Crippen molar-refractivity contribution in [1.29, 1.82) is 0 Å². The molecule has 2 heterocycles. The molecule has 2 aromatic rings. The zero-order valence-electron chi connectivity index (χ0n) is 12.5. The van der Waals surface area contributed by atoms with Crippen LogP contribution in [0.4, 0.5) is 4.39 Å². The number of ether oxygens (including phenoxy) is 1. The number of nitrogens with one attached hydrogen (secondary N) is 1. The van der Waals surface area contributed by atoms with E-state index in [1.807, 2.05) is 12.1 Å². The lowest BCUT2D eigenvalue weighted by Gasteiger charge is -2.35. The topological polar surface area (TPSA) is 21.3 Å². The third-order valence-corrected chi connectivity index (χ3v) is 4.90. The molecule has 1 spiro atoms. The highest BCUT2D eigenvalue weighted by Gasteiger charge is 2.45. The van der Waals surface area contributed by atoms with Gasteiger partial charge in [-0.1, -0.05) is 36.4 Å². The van der Waals surface area contributed by atoms with Gasteiger partial charge in [-0.25, -0.2) is 4.39 Å². The molecule has 0 saturated carbocycles. The van der Waals surface area contributed by atoms with E-state index in [1.165, 1.54) is 5.56 Å². The van der Waals surface area contributed by atoms with Crippen molar-refractivity contribution in [2.24, 2.45) is 0 Å². The highest BCUT2D eigenvalue weighted by atomic mass is 19.1. The molecule has 114 valence electrons. The number of hydrogen-bond acceptors (Lipinski definition) is 2. The monoisotopic (exact) mass is 297 g/mol. The van der Waals surface area contributed by atoms with Crippen molar-refractivity contribution < 1.29 is 9.13 Å². The van der Waals surface area contributed by atoms with Crippen molar-refractivity contribution in [3.8, 4) is 0 Å². The summed E-state index contributed by atoms with van der Waals surface area (Å²) in [6, 6.07) is 15.5. The Bertz CT molecular complexity index is 664. The predicted octanol–water partition coefficient (Wildman–Crippen LogP) is 3.72. The first-order valence-electron chi connectivity index (χ1n) is 7.99. The molecule has 0 radical (unpaired) electrons. The highest BCUT2D eigenvalue weighted by Crippen LogP contribution is 2.49. The second-order valence-electron chi connectivity index (χ2n) is 6.27. The SMILES string of the molecule is Fc1ccc2c(c1)C1(CCNCC1)O[C@@H]2Cc1ccccc1. The van der Waals surface area contributed by atoms with E-state index in [0.29, 0.717) is 0 Å². The molecular formula is C19H20FNO. The smallest absolute Gasteiger partial charge is 0.123 e. The molecule has 1 N–H and O–H groups in total. The van der Waals surface area contributed by atoms with Crippen molar-refractivity contribution in [3.05, 3.63) is 71.0 Å². The molecule has 1 saturated heterocycles. The normalized spacial score (nSPS) is 22.7. The molecule has 2 aliphatic rings. The van der Waals surface area contributed by atoms with Gasteiger partial charge < -0.3 is 10.1 Å². The van der Waals surface area contributed by atoms with Crippen molar-refractivity contribution >= 4 is 0 Å². The Morgan fingerprint density at radius 3 is 2.64 bits per heavy atom. The summed E-state index contributed by atoms with van der Waals surface area (Å²) >= 11 is 0. The Labute approximate surface area is 130 Å². The molecule has 2 aromatic carbocycles. The summed E-state index contributed by atoms with van der Waals surface area (Å²) in [6.07, 6.45) is 2.69. The lowest BCUT2D eigenvalue weighted by Crippen LogP contribution is -2.39. The fourth-order valence-corrected chi connectivity index (χ4v) is 3.80. The molecule has 3 heteroatoms. The maximum absolute atomic E-state index is 13.8. The van der Waals surface area contributed by atoms with Gasteiger partial charge in [-0.2, -0.15) is 0 Å². The van der Waals surface area contributed by atoms with Gasteiger partial charge in [-0.15, -0.1) is 0 Å². The molecule has 0 aliphatic carbocycles. The Balaban J connectivity index is 1.70. The standard InChI is InChI=1S/C19H20FNO/c20-15-6-7-16-17(13-15)19(8-10-21-11-9-19)22-18(16)12-14-4-2-1-3-5-14/h1-7,13,18,21H,8-12H2/t18-/m1/s1. The quantitative estimate of drug-likeness (QED) is 0.912. The summed E-state index contributed by atoms with van der Waals surface area (Å²) in [4.78, 5) is 0. The largest absolute Gasteiger partial charge is 0.362 e. The molecule has 4 rings (SSSR count). The molecular weight excluding hydrogens is 277 g/mol. The number of piperidine rings is 1. The van der Waals surface area contributed by atoms with Crippen LogP contribution in [0, 0.1) is 5.82 Å². The van der Waals surface area contributed by atoms with Crippen molar-refractivity contribution in [2.45, 2.75) is 31.0 Å². The number of hydrogen-bond donors (Lipinski definition) is 1. The minimum Gasteiger partial charge on any atom is -0.362 e. The van der Waals surface area contributed by atoms with Crippen molar-refractivity contribution in [3.63, 3.8) is 0 Å². The number of benzene rings is 2. The summed E-state index contributed by atoms with van der Waals surface area (Å²) in [6.45, 7) is 1.85. The number of halogens is 1. The van der Waals surface area contributed by atoms with Gasteiger partial charge in [0.25, 0.3) is 0 Å². The van der Waals surface area contributed by atoms with Crippen molar-refractivity contribution in [2.75, 3.05) is 13.1 Å². The van der Waals surface area contributed by atoms with Crippen LogP contribution in [0.1, 0.15) is 35.6 Å². The summed E-state index contributed by atoms with van der Waals surface area (Å²) in [5.74, 6) is -0.166. The van der Waals surface area contributed by atoms with E-state index in [9.17, 15) is 4.39 Å². The minimum atomic E-state index is -0.303. The van der Waals surface area contributed by atoms with Crippen LogP contribution in [-0.4, -0.2) is 13.1 Å². The Morgan fingerprint density at radius 2 is 1.86 bits per heavy atom. The first-order valence-corrected chi connectivity index (χ1v) is 7.99. The fraction of sp³-hybridized carbons (Fsp3) is 0.368. The highest BCUT2D eigenvalue weighted by molar-refractivity contribution is 5.40. The van der Waals surface area contributed by atoms with Crippen LogP contribution < -0.4 is 5.32 Å². The second kappa shape index (κ2) is 5.49. The van der Waals surface area contributed by atoms with Gasteiger partial charge in [0.1, 0.15) is 5.82 Å². The first-order chi connectivity index (χ1) is 10.8. The zero-order valence-corrected chi connectivity index (χ0v) is 12.5. The van der Waals surface area contributed by atoms with Crippen LogP contribution in [-0.2, 0) is 16.8 Å². The van der Waals surface area contributed by atoms with E-state index in [-0.39, 0.29) is 17.5 Å². The summed E-state index contributed by atoms with van der Waals surface area (Å²) < 4.78 is 20.3. The van der Waals surface area contributed by atoms with Crippen LogP contribution in [0.15, 0.2) is 48.5 Å².